The van der Waals surface area contributed by atoms with Gasteiger partial charge in [-0.05, 0) is 57.7 Å². The second kappa shape index (κ2) is 8.54. The summed E-state index contributed by atoms with van der Waals surface area (Å²) in [6.07, 6.45) is 3.59. The second-order valence-corrected chi connectivity index (χ2v) is 8.43. The lowest BCUT2D eigenvalue weighted by atomic mass is 10.0. The Labute approximate surface area is 160 Å². The van der Waals surface area contributed by atoms with E-state index in [1.807, 2.05) is 0 Å². The third kappa shape index (κ3) is 5.20. The number of nitrogens with zero attached hydrogens (tertiary/aromatic N) is 2. The van der Waals surface area contributed by atoms with Gasteiger partial charge in [0.05, 0.1) is 0 Å². The predicted octanol–water partition coefficient (Wildman–Crippen LogP) is 3.73. The lowest BCUT2D eigenvalue weighted by molar-refractivity contribution is 0.167. The molecule has 1 aromatic carbocycles. The van der Waals surface area contributed by atoms with Crippen LogP contribution in [-0.4, -0.2) is 48.6 Å². The summed E-state index contributed by atoms with van der Waals surface area (Å²) in [6.45, 7) is 9.85. The van der Waals surface area contributed by atoms with Crippen LogP contribution in [0.25, 0.3) is 0 Å². The molecule has 2 unspecified atom stereocenters. The molecule has 5 heteroatoms. The van der Waals surface area contributed by atoms with Crippen LogP contribution in [0.15, 0.2) is 33.7 Å². The van der Waals surface area contributed by atoms with Crippen molar-refractivity contribution in [2.45, 2.75) is 64.1 Å². The Kier molecular flexibility index (Phi) is 6.39. The van der Waals surface area contributed by atoms with Crippen LogP contribution in [0.4, 0.5) is 0 Å². The number of nitrogens with one attached hydrogen (secondary N) is 2. The molecule has 0 amide bonds. The number of benzene rings is 1. The molecule has 25 heavy (non-hydrogen) atoms. The van der Waals surface area contributed by atoms with Crippen LogP contribution in [0.1, 0.15) is 51.5 Å². The average Bonchev–Trinajstić information content (AvgIpc) is 3.35. The average molecular weight is 407 g/mol. The molecule has 1 aliphatic carbocycles. The minimum Gasteiger partial charge on any atom is -0.354 e. The van der Waals surface area contributed by atoms with Crippen molar-refractivity contribution in [2.24, 2.45) is 4.99 Å². The first-order chi connectivity index (χ1) is 12.1. The summed E-state index contributed by atoms with van der Waals surface area (Å²) in [5.74, 6) is 1.61. The van der Waals surface area contributed by atoms with E-state index in [4.69, 9.17) is 0 Å². The summed E-state index contributed by atoms with van der Waals surface area (Å²) in [7, 11) is 0. The maximum atomic E-state index is 4.67. The van der Waals surface area contributed by atoms with Gasteiger partial charge in [0.2, 0.25) is 0 Å². The molecule has 2 aliphatic rings. The van der Waals surface area contributed by atoms with Gasteiger partial charge in [-0.3, -0.25) is 4.99 Å². The molecular formula is C20H31BrN4. The van der Waals surface area contributed by atoms with E-state index in [1.54, 1.807) is 0 Å². The van der Waals surface area contributed by atoms with Gasteiger partial charge in [0.1, 0.15) is 0 Å². The molecule has 1 aromatic rings. The largest absolute Gasteiger partial charge is 0.354 e. The van der Waals surface area contributed by atoms with Crippen molar-refractivity contribution >= 4 is 21.9 Å². The molecule has 4 nitrogen and oxygen atoms in total. The molecule has 1 saturated heterocycles. The Hall–Kier alpha value is -1.07. The summed E-state index contributed by atoms with van der Waals surface area (Å²) in [5, 5.41) is 7.32. The number of piperidine rings is 1. The first-order valence-corrected chi connectivity index (χ1v) is 10.4. The van der Waals surface area contributed by atoms with Crippen LogP contribution >= 0.6 is 15.9 Å². The normalized spacial score (nSPS) is 25.2. The fourth-order valence-electron chi connectivity index (χ4n) is 3.65. The highest BCUT2D eigenvalue weighted by molar-refractivity contribution is 9.10. The van der Waals surface area contributed by atoms with Gasteiger partial charge in [0.15, 0.2) is 5.96 Å². The van der Waals surface area contributed by atoms with Gasteiger partial charge in [-0.1, -0.05) is 28.1 Å². The fraction of sp³-hybridized carbons (Fsp3) is 0.650. The Morgan fingerprint density at radius 1 is 1.20 bits per heavy atom. The van der Waals surface area contributed by atoms with Crippen LogP contribution in [0.5, 0.6) is 0 Å². The first-order valence-electron chi connectivity index (χ1n) is 9.63. The van der Waals surface area contributed by atoms with E-state index < -0.39 is 0 Å². The molecule has 2 atom stereocenters. The lowest BCUT2D eigenvalue weighted by Crippen LogP contribution is -2.50. The highest BCUT2D eigenvalue weighted by atomic mass is 79.9. The van der Waals surface area contributed by atoms with Crippen LogP contribution in [0.2, 0.25) is 0 Å². The highest BCUT2D eigenvalue weighted by Crippen LogP contribution is 2.41. The first kappa shape index (κ1) is 18.7. The summed E-state index contributed by atoms with van der Waals surface area (Å²) in [6, 6.07) is 10.4. The molecule has 0 aromatic heterocycles. The predicted molar refractivity (Wildman–Crippen MR) is 109 cm³/mol. The van der Waals surface area contributed by atoms with Crippen molar-refractivity contribution in [3.63, 3.8) is 0 Å². The van der Waals surface area contributed by atoms with Crippen LogP contribution in [0, 0.1) is 0 Å². The Balaban J connectivity index is 1.50. The maximum absolute atomic E-state index is 4.67. The molecule has 1 saturated carbocycles. The molecule has 2 fully saturated rings. The lowest BCUT2D eigenvalue weighted by Gasteiger charge is -2.35. The molecular weight excluding hydrogens is 376 g/mol. The third-order valence-electron chi connectivity index (χ3n) is 5.33. The zero-order chi connectivity index (χ0) is 17.8. The van der Waals surface area contributed by atoms with Gasteiger partial charge < -0.3 is 15.5 Å². The minimum atomic E-state index is 0.509. The van der Waals surface area contributed by atoms with Gasteiger partial charge in [0.25, 0.3) is 0 Å². The Bertz CT molecular complexity index is 576. The minimum absolute atomic E-state index is 0.509. The number of rotatable bonds is 5. The number of aliphatic imine (C=N–C) groups is 1. The van der Waals surface area contributed by atoms with E-state index in [-0.39, 0.29) is 0 Å². The third-order valence-corrected chi connectivity index (χ3v) is 5.86. The molecule has 2 N–H and O–H groups in total. The molecule has 1 heterocycles. The number of hydrogen-bond donors (Lipinski definition) is 2. The molecule has 0 radical (unpaired) electrons. The quantitative estimate of drug-likeness (QED) is 0.577. The van der Waals surface area contributed by atoms with Crippen molar-refractivity contribution in [3.8, 4) is 0 Å². The monoisotopic (exact) mass is 406 g/mol. The summed E-state index contributed by atoms with van der Waals surface area (Å²) in [5.41, 5.74) is 1.42. The fourth-order valence-corrected chi connectivity index (χ4v) is 3.92. The highest BCUT2D eigenvalue weighted by Gasteiger charge is 2.39. The van der Waals surface area contributed by atoms with E-state index in [0.717, 1.165) is 17.0 Å². The van der Waals surface area contributed by atoms with E-state index in [0.29, 0.717) is 24.0 Å². The van der Waals surface area contributed by atoms with Gasteiger partial charge >= 0.3 is 0 Å². The topological polar surface area (TPSA) is 39.7 Å². The van der Waals surface area contributed by atoms with Gasteiger partial charge in [-0.25, -0.2) is 0 Å². The summed E-state index contributed by atoms with van der Waals surface area (Å²) in [4.78, 5) is 7.23. The summed E-state index contributed by atoms with van der Waals surface area (Å²) < 4.78 is 1.14. The van der Waals surface area contributed by atoms with Crippen LogP contribution in [-0.2, 0) is 0 Å². The molecule has 0 spiro atoms. The van der Waals surface area contributed by atoms with Crippen molar-refractivity contribution in [2.75, 3.05) is 19.6 Å². The van der Waals surface area contributed by atoms with E-state index in [1.165, 1.54) is 37.9 Å². The molecule has 0 bridgehead atoms. The second-order valence-electron chi connectivity index (χ2n) is 7.52. The number of guanidine groups is 1. The number of halogens is 1. The Morgan fingerprint density at radius 3 is 2.48 bits per heavy atom. The van der Waals surface area contributed by atoms with E-state index in [2.05, 4.69) is 81.5 Å². The molecule has 3 rings (SSSR count). The van der Waals surface area contributed by atoms with E-state index >= 15 is 0 Å². The summed E-state index contributed by atoms with van der Waals surface area (Å²) >= 11 is 3.51. The van der Waals surface area contributed by atoms with Crippen LogP contribution < -0.4 is 10.6 Å². The van der Waals surface area contributed by atoms with Crippen molar-refractivity contribution in [1.29, 1.82) is 0 Å². The molecule has 1 aliphatic heterocycles. The van der Waals surface area contributed by atoms with Crippen LogP contribution in [0.3, 0.4) is 0 Å². The van der Waals surface area contributed by atoms with Gasteiger partial charge in [0, 0.05) is 48.2 Å². The van der Waals surface area contributed by atoms with Gasteiger partial charge in [-0.2, -0.15) is 0 Å². The maximum Gasteiger partial charge on any atom is 0.191 e. The van der Waals surface area contributed by atoms with Crippen molar-refractivity contribution in [1.82, 2.24) is 15.5 Å². The number of hydrogen-bond acceptors (Lipinski definition) is 2. The SMILES string of the molecule is CCN=C(NC1CCN(C(C)C)CC1)NC1CC1c1ccc(Br)cc1. The standard InChI is InChI=1S/C20H31BrN4/c1-4-22-20(23-17-9-11-25(12-10-17)14(2)3)24-19-13-18(19)15-5-7-16(21)8-6-15/h5-8,14,17-19H,4,9-13H2,1-3H3,(H2,22,23,24). The van der Waals surface area contributed by atoms with Crippen molar-refractivity contribution < 1.29 is 0 Å². The smallest absolute Gasteiger partial charge is 0.191 e. The Morgan fingerprint density at radius 2 is 1.88 bits per heavy atom. The number of likely N-dealkylation sites (tertiary alicyclic amines) is 1. The zero-order valence-corrected chi connectivity index (χ0v) is 17.2. The van der Waals surface area contributed by atoms with E-state index in [9.17, 15) is 0 Å². The van der Waals surface area contributed by atoms with Crippen molar-refractivity contribution in [3.05, 3.63) is 34.3 Å². The molecule has 138 valence electrons. The zero-order valence-electron chi connectivity index (χ0n) is 15.6. The van der Waals surface area contributed by atoms with Gasteiger partial charge in [-0.15, -0.1) is 0 Å².